The second-order valence-electron chi connectivity index (χ2n) is 3.92. The molecule has 0 N–H and O–H groups in total. The maximum absolute atomic E-state index is 11.4. The number of sulfonamides is 1. The topological polar surface area (TPSA) is 49.9 Å². The van der Waals surface area contributed by atoms with Crippen LogP contribution in [0.1, 0.15) is 0 Å². The first-order chi connectivity index (χ1) is 8.04. The van der Waals surface area contributed by atoms with Crippen LogP contribution in [0, 0.1) is 0 Å². The summed E-state index contributed by atoms with van der Waals surface area (Å²) >= 11 is 0. The van der Waals surface area contributed by atoms with E-state index in [1.165, 1.54) is 10.6 Å². The zero-order chi connectivity index (χ0) is 12.7. The molecular formula is C11H20N2O3S. The Hall–Kier alpha value is -0.850. The van der Waals surface area contributed by atoms with Gasteiger partial charge in [0.15, 0.2) is 0 Å². The molecule has 0 saturated carbocycles. The molecular weight excluding hydrogens is 240 g/mol. The molecule has 1 fully saturated rings. The number of nitrogens with zero attached hydrogens (tertiary/aromatic N) is 2. The first kappa shape index (κ1) is 14.2. The van der Waals surface area contributed by atoms with Gasteiger partial charge in [-0.1, -0.05) is 12.2 Å². The largest absolute Gasteiger partial charge is 0.379 e. The van der Waals surface area contributed by atoms with Gasteiger partial charge in [-0.25, -0.2) is 8.42 Å². The average molecular weight is 260 g/mol. The SMILES string of the molecule is C=CCN(/C=C/CN1CCOCC1)S(C)(=O)=O. The lowest BCUT2D eigenvalue weighted by molar-refractivity contribution is 0.0433. The summed E-state index contributed by atoms with van der Waals surface area (Å²) in [5.74, 6) is 0. The lowest BCUT2D eigenvalue weighted by Crippen LogP contribution is -2.36. The van der Waals surface area contributed by atoms with Gasteiger partial charge in [0, 0.05) is 25.8 Å². The number of hydrogen-bond acceptors (Lipinski definition) is 4. The zero-order valence-corrected chi connectivity index (χ0v) is 11.0. The van der Waals surface area contributed by atoms with E-state index in [2.05, 4.69) is 11.5 Å². The molecule has 0 aromatic heterocycles. The maximum atomic E-state index is 11.4. The second kappa shape index (κ2) is 6.78. The van der Waals surface area contributed by atoms with Gasteiger partial charge in [0.25, 0.3) is 0 Å². The van der Waals surface area contributed by atoms with Crippen LogP contribution in [-0.2, 0) is 14.8 Å². The molecule has 1 saturated heterocycles. The Morgan fingerprint density at radius 3 is 2.59 bits per heavy atom. The summed E-state index contributed by atoms with van der Waals surface area (Å²) in [5.41, 5.74) is 0. The quantitative estimate of drug-likeness (QED) is 0.644. The van der Waals surface area contributed by atoms with E-state index in [1.54, 1.807) is 12.3 Å². The molecule has 0 unspecified atom stereocenters. The van der Waals surface area contributed by atoms with Gasteiger partial charge < -0.3 is 4.74 Å². The average Bonchev–Trinajstić information content (AvgIpc) is 2.28. The van der Waals surface area contributed by atoms with Gasteiger partial charge in [-0.3, -0.25) is 9.21 Å². The summed E-state index contributed by atoms with van der Waals surface area (Å²) < 4.78 is 29.3. The number of hydrogen-bond donors (Lipinski definition) is 0. The van der Waals surface area contributed by atoms with Crippen molar-refractivity contribution in [3.63, 3.8) is 0 Å². The molecule has 17 heavy (non-hydrogen) atoms. The first-order valence-electron chi connectivity index (χ1n) is 5.58. The highest BCUT2D eigenvalue weighted by molar-refractivity contribution is 7.88. The number of ether oxygens (including phenoxy) is 1. The summed E-state index contributed by atoms with van der Waals surface area (Å²) in [6.07, 6.45) is 6.22. The molecule has 0 spiro atoms. The van der Waals surface area contributed by atoms with E-state index in [0.29, 0.717) is 6.54 Å². The molecule has 1 aliphatic heterocycles. The fraction of sp³-hybridized carbons (Fsp3) is 0.636. The molecule has 0 radical (unpaired) electrons. The molecule has 0 aromatic rings. The van der Waals surface area contributed by atoms with E-state index >= 15 is 0 Å². The van der Waals surface area contributed by atoms with Gasteiger partial charge in [-0.2, -0.15) is 0 Å². The zero-order valence-electron chi connectivity index (χ0n) is 10.2. The second-order valence-corrected chi connectivity index (χ2v) is 5.85. The Kier molecular flexibility index (Phi) is 5.67. The third-order valence-electron chi connectivity index (χ3n) is 2.47. The van der Waals surface area contributed by atoms with Crippen LogP contribution in [0.3, 0.4) is 0 Å². The summed E-state index contributed by atoms with van der Waals surface area (Å²) in [6.45, 7) is 7.87. The van der Waals surface area contributed by atoms with Crippen molar-refractivity contribution in [3.05, 3.63) is 24.9 Å². The molecule has 1 rings (SSSR count). The van der Waals surface area contributed by atoms with Crippen molar-refractivity contribution in [2.24, 2.45) is 0 Å². The molecule has 0 amide bonds. The number of rotatable bonds is 6. The number of morpholine rings is 1. The minimum absolute atomic E-state index is 0.304. The van der Waals surface area contributed by atoms with Crippen LogP contribution in [0.4, 0.5) is 0 Å². The van der Waals surface area contributed by atoms with Gasteiger partial charge in [0.1, 0.15) is 0 Å². The normalized spacial score (nSPS) is 18.4. The van der Waals surface area contributed by atoms with E-state index in [4.69, 9.17) is 4.74 Å². The van der Waals surface area contributed by atoms with Crippen molar-refractivity contribution in [2.75, 3.05) is 45.6 Å². The van der Waals surface area contributed by atoms with Gasteiger partial charge in [-0.15, -0.1) is 6.58 Å². The smallest absolute Gasteiger partial charge is 0.232 e. The summed E-state index contributed by atoms with van der Waals surface area (Å²) in [6, 6.07) is 0. The van der Waals surface area contributed by atoms with Gasteiger partial charge >= 0.3 is 0 Å². The van der Waals surface area contributed by atoms with Crippen LogP contribution < -0.4 is 0 Å². The summed E-state index contributed by atoms with van der Waals surface area (Å²) in [7, 11) is -3.20. The Morgan fingerprint density at radius 2 is 2.06 bits per heavy atom. The molecule has 1 aliphatic rings. The van der Waals surface area contributed by atoms with Crippen molar-refractivity contribution >= 4 is 10.0 Å². The molecule has 5 nitrogen and oxygen atoms in total. The fourth-order valence-electron chi connectivity index (χ4n) is 1.53. The van der Waals surface area contributed by atoms with Gasteiger partial charge in [0.2, 0.25) is 10.0 Å². The van der Waals surface area contributed by atoms with E-state index in [9.17, 15) is 8.42 Å². The molecule has 98 valence electrons. The molecule has 0 bridgehead atoms. The third kappa shape index (κ3) is 5.34. The van der Waals surface area contributed by atoms with E-state index in [1.807, 2.05) is 6.08 Å². The van der Waals surface area contributed by atoms with Crippen LogP contribution in [0.25, 0.3) is 0 Å². The van der Waals surface area contributed by atoms with Crippen molar-refractivity contribution in [3.8, 4) is 0 Å². The lowest BCUT2D eigenvalue weighted by atomic mass is 10.4. The van der Waals surface area contributed by atoms with Crippen molar-refractivity contribution in [1.29, 1.82) is 0 Å². The van der Waals surface area contributed by atoms with Gasteiger partial charge in [-0.05, 0) is 0 Å². The summed E-state index contributed by atoms with van der Waals surface area (Å²) in [5, 5.41) is 0. The Morgan fingerprint density at radius 1 is 1.41 bits per heavy atom. The standard InChI is InChI=1S/C11H20N2O3S/c1-3-5-13(17(2,14)15)7-4-6-12-8-10-16-11-9-12/h3-4,7H,1,5-6,8-11H2,2H3/b7-4+. The lowest BCUT2D eigenvalue weighted by Gasteiger charge is -2.25. The Bertz CT molecular complexity index is 359. The monoisotopic (exact) mass is 260 g/mol. The highest BCUT2D eigenvalue weighted by atomic mass is 32.2. The van der Waals surface area contributed by atoms with Crippen LogP contribution in [0.2, 0.25) is 0 Å². The third-order valence-corrected chi connectivity index (χ3v) is 3.60. The predicted molar refractivity (Wildman–Crippen MR) is 68.1 cm³/mol. The first-order valence-corrected chi connectivity index (χ1v) is 7.43. The van der Waals surface area contributed by atoms with Crippen LogP contribution >= 0.6 is 0 Å². The van der Waals surface area contributed by atoms with Crippen molar-refractivity contribution < 1.29 is 13.2 Å². The van der Waals surface area contributed by atoms with E-state index in [-0.39, 0.29) is 0 Å². The highest BCUT2D eigenvalue weighted by Crippen LogP contribution is 2.01. The van der Waals surface area contributed by atoms with Crippen LogP contribution in [0.15, 0.2) is 24.9 Å². The van der Waals surface area contributed by atoms with Gasteiger partial charge in [0.05, 0.1) is 26.0 Å². The van der Waals surface area contributed by atoms with Crippen LogP contribution in [-0.4, -0.2) is 63.3 Å². The minimum atomic E-state index is -3.20. The molecule has 1 heterocycles. The predicted octanol–water partition coefficient (Wildman–Crippen LogP) is 0.280. The summed E-state index contributed by atoms with van der Waals surface area (Å²) in [4.78, 5) is 2.22. The molecule has 6 heteroatoms. The van der Waals surface area contributed by atoms with E-state index < -0.39 is 10.0 Å². The molecule has 0 aromatic carbocycles. The maximum Gasteiger partial charge on any atom is 0.232 e. The van der Waals surface area contributed by atoms with Crippen molar-refractivity contribution in [2.45, 2.75) is 0 Å². The molecule has 0 atom stereocenters. The Labute approximate surface area is 103 Å². The van der Waals surface area contributed by atoms with Crippen LogP contribution in [0.5, 0.6) is 0 Å². The highest BCUT2D eigenvalue weighted by Gasteiger charge is 2.11. The fourth-order valence-corrected chi connectivity index (χ4v) is 2.21. The molecule has 0 aliphatic carbocycles. The van der Waals surface area contributed by atoms with Crippen molar-refractivity contribution in [1.82, 2.24) is 9.21 Å². The van der Waals surface area contributed by atoms with E-state index in [0.717, 1.165) is 32.8 Å². The minimum Gasteiger partial charge on any atom is -0.379 e. The Balaban J connectivity index is 2.46.